The summed E-state index contributed by atoms with van der Waals surface area (Å²) in [7, 11) is 1.70. The van der Waals surface area contributed by atoms with Gasteiger partial charge in [0, 0.05) is 32.5 Å². The molecule has 1 aromatic rings. The zero-order valence-corrected chi connectivity index (χ0v) is 14.1. The van der Waals surface area contributed by atoms with Gasteiger partial charge in [-0.2, -0.15) is 0 Å². The van der Waals surface area contributed by atoms with Crippen molar-refractivity contribution in [2.24, 2.45) is 0 Å². The quantitative estimate of drug-likeness (QED) is 0.781. The lowest BCUT2D eigenvalue weighted by Gasteiger charge is -2.32. The molecule has 2 aliphatic rings. The maximum atomic E-state index is 12.7. The van der Waals surface area contributed by atoms with E-state index < -0.39 is 0 Å². The van der Waals surface area contributed by atoms with Crippen molar-refractivity contribution in [3.8, 4) is 0 Å². The molecule has 0 saturated heterocycles. The second-order valence-corrected chi connectivity index (χ2v) is 6.45. The summed E-state index contributed by atoms with van der Waals surface area (Å²) in [4.78, 5) is 14.6. The molecule has 1 aliphatic heterocycles. The number of hydrogen-bond acceptors (Lipinski definition) is 4. The lowest BCUT2D eigenvalue weighted by molar-refractivity contribution is -0.132. The minimum absolute atomic E-state index is 0.156. The number of hydrogen-bond donors (Lipinski definition) is 0. The predicted octanol–water partition coefficient (Wildman–Crippen LogP) is 2.26. The smallest absolute Gasteiger partial charge is 0.227 e. The van der Waals surface area contributed by atoms with Crippen LogP contribution in [0.5, 0.6) is 0 Å². The van der Waals surface area contributed by atoms with Crippen molar-refractivity contribution < 1.29 is 9.53 Å². The van der Waals surface area contributed by atoms with Gasteiger partial charge in [-0.3, -0.25) is 4.79 Å². The standard InChI is InChI=1S/C17H26N4O2/c1-3-21-17-14(12-23-2)10-20(11-15(17)18-19-21)16(22)9-13-7-5-4-6-8-13/h7,14H,3-6,8-12H2,1-2H3/t14-/m0/s1. The van der Waals surface area contributed by atoms with Crippen molar-refractivity contribution >= 4 is 5.91 Å². The van der Waals surface area contributed by atoms with Crippen molar-refractivity contribution in [2.75, 3.05) is 20.3 Å². The Morgan fingerprint density at radius 3 is 3.00 bits per heavy atom. The third-order valence-electron chi connectivity index (χ3n) is 4.80. The number of nitrogens with zero attached hydrogens (tertiary/aromatic N) is 4. The molecule has 23 heavy (non-hydrogen) atoms. The maximum absolute atomic E-state index is 12.7. The van der Waals surface area contributed by atoms with E-state index in [0.717, 1.165) is 30.8 Å². The van der Waals surface area contributed by atoms with Crippen LogP contribution in [0.25, 0.3) is 0 Å². The Morgan fingerprint density at radius 2 is 2.30 bits per heavy atom. The molecule has 0 radical (unpaired) electrons. The van der Waals surface area contributed by atoms with Crippen molar-refractivity contribution in [1.29, 1.82) is 0 Å². The first kappa shape index (κ1) is 16.2. The number of carbonyl (C=O) groups is 1. The Hall–Kier alpha value is -1.69. The minimum atomic E-state index is 0.156. The van der Waals surface area contributed by atoms with Crippen LogP contribution >= 0.6 is 0 Å². The van der Waals surface area contributed by atoms with Crippen LogP contribution in [0.4, 0.5) is 0 Å². The van der Waals surface area contributed by atoms with Crippen molar-refractivity contribution in [3.63, 3.8) is 0 Å². The van der Waals surface area contributed by atoms with E-state index in [-0.39, 0.29) is 11.8 Å². The van der Waals surface area contributed by atoms with E-state index in [0.29, 0.717) is 26.1 Å². The number of carbonyl (C=O) groups excluding carboxylic acids is 1. The first-order chi connectivity index (χ1) is 11.2. The van der Waals surface area contributed by atoms with Crippen LogP contribution in [0.2, 0.25) is 0 Å². The van der Waals surface area contributed by atoms with Crippen LogP contribution in [0.15, 0.2) is 11.6 Å². The van der Waals surface area contributed by atoms with Crippen LogP contribution in [0.1, 0.15) is 56.3 Å². The molecule has 1 aliphatic carbocycles. The molecule has 0 unspecified atom stereocenters. The zero-order valence-electron chi connectivity index (χ0n) is 14.1. The van der Waals surface area contributed by atoms with Crippen LogP contribution in [0.3, 0.4) is 0 Å². The number of methoxy groups -OCH3 is 1. The van der Waals surface area contributed by atoms with Gasteiger partial charge in [-0.25, -0.2) is 4.68 Å². The second-order valence-electron chi connectivity index (χ2n) is 6.45. The Bertz CT molecular complexity index is 593. The van der Waals surface area contributed by atoms with E-state index in [1.54, 1.807) is 7.11 Å². The van der Waals surface area contributed by atoms with Crippen molar-refractivity contribution in [2.45, 2.75) is 58.0 Å². The molecule has 0 saturated carbocycles. The Balaban J connectivity index is 1.74. The molecule has 6 heteroatoms. The Labute approximate surface area is 137 Å². The first-order valence-electron chi connectivity index (χ1n) is 8.59. The topological polar surface area (TPSA) is 60.2 Å². The molecule has 2 heterocycles. The maximum Gasteiger partial charge on any atom is 0.227 e. The Kier molecular flexibility index (Phi) is 5.10. The highest BCUT2D eigenvalue weighted by Gasteiger charge is 2.32. The van der Waals surface area contributed by atoms with Gasteiger partial charge < -0.3 is 9.64 Å². The molecule has 126 valence electrons. The second kappa shape index (κ2) is 7.25. The van der Waals surface area contributed by atoms with Crippen LogP contribution in [-0.2, 0) is 22.6 Å². The van der Waals surface area contributed by atoms with E-state index in [4.69, 9.17) is 4.74 Å². The van der Waals surface area contributed by atoms with Gasteiger partial charge in [0.25, 0.3) is 0 Å². The van der Waals surface area contributed by atoms with E-state index in [2.05, 4.69) is 23.3 Å². The highest BCUT2D eigenvalue weighted by molar-refractivity contribution is 5.79. The third kappa shape index (κ3) is 3.47. The fraction of sp³-hybridized carbons (Fsp3) is 0.706. The normalized spacial score (nSPS) is 21.0. The molecule has 0 bridgehead atoms. The number of fused-ring (bicyclic) bond motifs is 1. The zero-order chi connectivity index (χ0) is 16.2. The molecular formula is C17H26N4O2. The van der Waals surface area contributed by atoms with Crippen molar-refractivity contribution in [3.05, 3.63) is 23.0 Å². The average molecular weight is 318 g/mol. The number of ether oxygens (including phenoxy) is 1. The van der Waals surface area contributed by atoms with Crippen LogP contribution < -0.4 is 0 Å². The van der Waals surface area contributed by atoms with E-state index in [1.165, 1.54) is 18.4 Å². The summed E-state index contributed by atoms with van der Waals surface area (Å²) < 4.78 is 7.30. The fourth-order valence-electron chi connectivity index (χ4n) is 3.64. The van der Waals surface area contributed by atoms with Crippen LogP contribution in [0, 0.1) is 0 Å². The lowest BCUT2D eigenvalue weighted by atomic mass is 9.95. The van der Waals surface area contributed by atoms with Gasteiger partial charge in [0.2, 0.25) is 5.91 Å². The number of allylic oxidation sites excluding steroid dienone is 1. The minimum Gasteiger partial charge on any atom is -0.384 e. The molecule has 1 atom stereocenters. The number of aryl methyl sites for hydroxylation is 1. The summed E-state index contributed by atoms with van der Waals surface area (Å²) in [5.41, 5.74) is 3.36. The van der Waals surface area contributed by atoms with E-state index in [1.807, 2.05) is 9.58 Å². The summed E-state index contributed by atoms with van der Waals surface area (Å²) >= 11 is 0. The monoisotopic (exact) mass is 318 g/mol. The summed E-state index contributed by atoms with van der Waals surface area (Å²) in [6, 6.07) is 0. The molecule has 0 N–H and O–H groups in total. The third-order valence-corrected chi connectivity index (χ3v) is 4.80. The van der Waals surface area contributed by atoms with E-state index in [9.17, 15) is 4.79 Å². The summed E-state index contributed by atoms with van der Waals surface area (Å²) in [5, 5.41) is 8.51. The average Bonchev–Trinajstić information content (AvgIpc) is 2.99. The van der Waals surface area contributed by atoms with Gasteiger partial charge in [0.05, 0.1) is 18.8 Å². The predicted molar refractivity (Wildman–Crippen MR) is 86.9 cm³/mol. The highest BCUT2D eigenvalue weighted by Crippen LogP contribution is 2.29. The van der Waals surface area contributed by atoms with Gasteiger partial charge in [-0.15, -0.1) is 5.10 Å². The molecule has 1 amide bonds. The highest BCUT2D eigenvalue weighted by atomic mass is 16.5. The molecule has 0 aromatic carbocycles. The number of aromatic nitrogens is 3. The Morgan fingerprint density at radius 1 is 1.43 bits per heavy atom. The van der Waals surface area contributed by atoms with Gasteiger partial charge in [0.15, 0.2) is 0 Å². The molecule has 3 rings (SSSR count). The van der Waals surface area contributed by atoms with Crippen molar-refractivity contribution in [1.82, 2.24) is 19.9 Å². The van der Waals surface area contributed by atoms with Gasteiger partial charge >= 0.3 is 0 Å². The number of rotatable bonds is 5. The van der Waals surface area contributed by atoms with E-state index >= 15 is 0 Å². The molecule has 1 aromatic heterocycles. The van der Waals surface area contributed by atoms with Gasteiger partial charge in [0.1, 0.15) is 5.69 Å². The fourth-order valence-corrected chi connectivity index (χ4v) is 3.64. The first-order valence-corrected chi connectivity index (χ1v) is 8.59. The summed E-state index contributed by atoms with van der Waals surface area (Å²) in [6.07, 6.45) is 7.44. The molecule has 6 nitrogen and oxygen atoms in total. The van der Waals surface area contributed by atoms with Gasteiger partial charge in [-0.1, -0.05) is 16.9 Å². The summed E-state index contributed by atoms with van der Waals surface area (Å²) in [6.45, 7) is 4.71. The largest absolute Gasteiger partial charge is 0.384 e. The van der Waals surface area contributed by atoms with Gasteiger partial charge in [-0.05, 0) is 32.6 Å². The summed E-state index contributed by atoms with van der Waals surface area (Å²) in [5.74, 6) is 0.360. The molecule has 0 spiro atoms. The molecule has 0 fully saturated rings. The SMILES string of the molecule is CCn1nnc2c1[C@H](COC)CN(C(=O)CC1=CCCCC1)C2. The lowest BCUT2D eigenvalue weighted by Crippen LogP contribution is -2.40. The van der Waals surface area contributed by atoms with Crippen LogP contribution in [-0.4, -0.2) is 46.1 Å². The number of amides is 1. The molecular weight excluding hydrogens is 292 g/mol.